The number of aromatic carboxylic acids is 1. The van der Waals surface area contributed by atoms with Gasteiger partial charge in [0.2, 0.25) is 0 Å². The van der Waals surface area contributed by atoms with E-state index >= 15 is 0 Å². The summed E-state index contributed by atoms with van der Waals surface area (Å²) < 4.78 is 26.5. The third-order valence-electron chi connectivity index (χ3n) is 6.02. The van der Waals surface area contributed by atoms with E-state index in [0.717, 1.165) is 34.0 Å². The summed E-state index contributed by atoms with van der Waals surface area (Å²) in [5.41, 5.74) is 4.34. The normalized spacial score (nSPS) is 11.9. The number of carboxylic acid groups (broad SMARTS) is 1. The van der Waals surface area contributed by atoms with Crippen molar-refractivity contribution in [1.82, 2.24) is 0 Å². The Kier molecular flexibility index (Phi) is 7.48. The van der Waals surface area contributed by atoms with E-state index in [1.54, 1.807) is 18.2 Å². The highest BCUT2D eigenvalue weighted by atomic mass is 32.2. The van der Waals surface area contributed by atoms with Gasteiger partial charge in [0, 0.05) is 30.6 Å². The fourth-order valence-electron chi connectivity index (χ4n) is 4.40. The smallest absolute Gasteiger partial charge is 0.335 e. The predicted molar refractivity (Wildman–Crippen MR) is 141 cm³/mol. The van der Waals surface area contributed by atoms with Crippen molar-refractivity contribution < 1.29 is 18.7 Å². The SMILES string of the molecule is CN(C)c1cccc2c(N(c3ccccc3CCCc3cccc(C(=O)O)c3)S(=O)[O-])cccc12. The molecule has 4 aromatic rings. The maximum Gasteiger partial charge on any atom is 0.335 e. The molecule has 0 fully saturated rings. The lowest BCUT2D eigenvalue weighted by molar-refractivity contribution is 0.0696. The maximum atomic E-state index is 12.6. The van der Waals surface area contributed by atoms with Gasteiger partial charge >= 0.3 is 5.97 Å². The molecule has 0 bridgehead atoms. The molecule has 1 atom stereocenters. The number of hydrogen-bond donors (Lipinski definition) is 1. The Bertz CT molecular complexity index is 1390. The van der Waals surface area contributed by atoms with E-state index in [-0.39, 0.29) is 5.56 Å². The Morgan fingerprint density at radius 3 is 2.14 bits per heavy atom. The number of aryl methyl sites for hydroxylation is 2. The van der Waals surface area contributed by atoms with Crippen LogP contribution in [0.3, 0.4) is 0 Å². The molecule has 6 nitrogen and oxygen atoms in total. The lowest BCUT2D eigenvalue weighted by Gasteiger charge is -2.30. The van der Waals surface area contributed by atoms with E-state index in [9.17, 15) is 18.7 Å². The van der Waals surface area contributed by atoms with Crippen molar-refractivity contribution in [2.45, 2.75) is 19.3 Å². The van der Waals surface area contributed by atoms with Crippen molar-refractivity contribution in [2.75, 3.05) is 23.3 Å². The monoisotopic (exact) mass is 487 g/mol. The van der Waals surface area contributed by atoms with Gasteiger partial charge in [-0.05, 0) is 60.7 Å². The summed E-state index contributed by atoms with van der Waals surface area (Å²) in [6.45, 7) is 0. The summed E-state index contributed by atoms with van der Waals surface area (Å²) >= 11 is -2.53. The lowest BCUT2D eigenvalue weighted by Crippen LogP contribution is -2.21. The zero-order valence-corrected chi connectivity index (χ0v) is 20.5. The van der Waals surface area contributed by atoms with Gasteiger partial charge in [-0.1, -0.05) is 54.6 Å². The molecule has 180 valence electrons. The van der Waals surface area contributed by atoms with Crippen LogP contribution in [0.4, 0.5) is 17.1 Å². The summed E-state index contributed by atoms with van der Waals surface area (Å²) in [5, 5.41) is 11.1. The van der Waals surface area contributed by atoms with Gasteiger partial charge < -0.3 is 14.6 Å². The van der Waals surface area contributed by atoms with Crippen LogP contribution in [0.15, 0.2) is 84.9 Å². The van der Waals surface area contributed by atoms with Crippen molar-refractivity contribution in [3.63, 3.8) is 0 Å². The molecule has 0 aromatic heterocycles. The molecule has 1 unspecified atom stereocenters. The minimum absolute atomic E-state index is 0.267. The Balaban J connectivity index is 1.67. The average molecular weight is 488 g/mol. The van der Waals surface area contributed by atoms with Gasteiger partial charge in [0.25, 0.3) is 0 Å². The number of benzene rings is 4. The summed E-state index contributed by atoms with van der Waals surface area (Å²) in [5.74, 6) is -0.946. The number of rotatable bonds is 9. The quantitative estimate of drug-likeness (QED) is 0.306. The molecule has 35 heavy (non-hydrogen) atoms. The molecule has 0 aliphatic carbocycles. The summed E-state index contributed by atoms with van der Waals surface area (Å²) in [7, 11) is 3.93. The highest BCUT2D eigenvalue weighted by Crippen LogP contribution is 2.38. The molecule has 7 heteroatoms. The van der Waals surface area contributed by atoms with Gasteiger partial charge in [-0.2, -0.15) is 0 Å². The largest absolute Gasteiger partial charge is 0.755 e. The summed E-state index contributed by atoms with van der Waals surface area (Å²) in [4.78, 5) is 13.3. The van der Waals surface area contributed by atoms with Crippen molar-refractivity contribution in [3.8, 4) is 0 Å². The predicted octanol–water partition coefficient (Wildman–Crippen LogP) is 5.71. The first-order valence-corrected chi connectivity index (χ1v) is 12.4. The van der Waals surface area contributed by atoms with Crippen LogP contribution in [0.1, 0.15) is 27.9 Å². The molecule has 0 aliphatic heterocycles. The van der Waals surface area contributed by atoms with Crippen molar-refractivity contribution in [2.24, 2.45) is 0 Å². The summed E-state index contributed by atoms with van der Waals surface area (Å²) in [6.07, 6.45) is 2.09. The van der Waals surface area contributed by atoms with Gasteiger partial charge in [-0.15, -0.1) is 0 Å². The second kappa shape index (κ2) is 10.7. The van der Waals surface area contributed by atoms with Crippen LogP contribution in [0.2, 0.25) is 0 Å². The first kappa shape index (κ1) is 24.4. The minimum atomic E-state index is -2.53. The fourth-order valence-corrected chi connectivity index (χ4v) is 5.06. The van der Waals surface area contributed by atoms with Crippen molar-refractivity contribution >= 4 is 45.1 Å². The van der Waals surface area contributed by atoms with Gasteiger partial charge in [0.15, 0.2) is 0 Å². The first-order valence-electron chi connectivity index (χ1n) is 11.4. The second-order valence-electron chi connectivity index (χ2n) is 8.54. The maximum absolute atomic E-state index is 12.6. The van der Waals surface area contributed by atoms with E-state index in [0.29, 0.717) is 24.2 Å². The van der Waals surface area contributed by atoms with Crippen LogP contribution in [0.25, 0.3) is 10.8 Å². The third-order valence-corrected chi connectivity index (χ3v) is 6.71. The van der Waals surface area contributed by atoms with Gasteiger partial charge in [-0.25, -0.2) is 4.79 Å². The topological polar surface area (TPSA) is 83.9 Å². The van der Waals surface area contributed by atoms with Gasteiger partial charge in [0.1, 0.15) is 0 Å². The molecule has 4 rings (SSSR count). The first-order chi connectivity index (χ1) is 16.9. The molecule has 1 N–H and O–H groups in total. The van der Waals surface area contributed by atoms with Gasteiger partial charge in [-0.3, -0.25) is 8.51 Å². The average Bonchev–Trinajstić information content (AvgIpc) is 2.85. The second-order valence-corrected chi connectivity index (χ2v) is 9.34. The van der Waals surface area contributed by atoms with Crippen LogP contribution in [0, 0.1) is 0 Å². The fraction of sp³-hybridized carbons (Fsp3) is 0.179. The Morgan fingerprint density at radius 2 is 1.46 bits per heavy atom. The molecular weight excluding hydrogens is 460 g/mol. The van der Waals surface area contributed by atoms with Gasteiger partial charge in [0.05, 0.1) is 28.2 Å². The zero-order chi connectivity index (χ0) is 24.9. The number of hydrogen-bond acceptors (Lipinski definition) is 4. The highest BCUT2D eigenvalue weighted by Gasteiger charge is 2.18. The highest BCUT2D eigenvalue weighted by molar-refractivity contribution is 7.81. The lowest BCUT2D eigenvalue weighted by atomic mass is 10.0. The van der Waals surface area contributed by atoms with Crippen LogP contribution >= 0.6 is 0 Å². The van der Waals surface area contributed by atoms with Crippen LogP contribution in [-0.4, -0.2) is 33.9 Å². The molecule has 0 amide bonds. The molecule has 0 saturated heterocycles. The molecular formula is C28H27N2O4S-. The minimum Gasteiger partial charge on any atom is -0.755 e. The van der Waals surface area contributed by atoms with E-state index in [4.69, 9.17) is 0 Å². The molecule has 0 saturated carbocycles. The summed E-state index contributed by atoms with van der Waals surface area (Å²) in [6, 6.07) is 26.0. The number of nitrogens with zero attached hydrogens (tertiary/aromatic N) is 2. The Labute approximate surface area is 207 Å². The zero-order valence-electron chi connectivity index (χ0n) is 19.7. The van der Waals surface area contributed by atoms with E-state index in [2.05, 4.69) is 0 Å². The molecule has 0 heterocycles. The number of anilines is 3. The molecule has 0 spiro atoms. The molecule has 0 aliphatic rings. The standard InChI is InChI=1S/C28H28N2O4S/c1-29(2)26-17-7-15-24-23(26)14-8-18-27(24)30(35(33)34)25-16-4-3-11-21(25)12-5-9-20-10-6-13-22(19-20)28(31)32/h3-4,6-8,10-11,13-19H,5,9,12H2,1-2H3,(H,31,32)(H,33,34)/p-1. The number of carboxylic acids is 1. The molecule has 0 radical (unpaired) electrons. The van der Waals surface area contributed by atoms with Crippen LogP contribution < -0.4 is 9.21 Å². The Morgan fingerprint density at radius 1 is 0.829 bits per heavy atom. The third kappa shape index (κ3) is 5.37. The molecule has 4 aromatic carbocycles. The van der Waals surface area contributed by atoms with Crippen LogP contribution in [-0.2, 0) is 24.1 Å². The van der Waals surface area contributed by atoms with Crippen molar-refractivity contribution in [1.29, 1.82) is 0 Å². The van der Waals surface area contributed by atoms with E-state index in [1.165, 1.54) is 4.31 Å². The number of carbonyl (C=O) groups is 1. The van der Waals surface area contributed by atoms with Crippen LogP contribution in [0.5, 0.6) is 0 Å². The number of fused-ring (bicyclic) bond motifs is 1. The Hall–Kier alpha value is -3.68. The van der Waals surface area contributed by atoms with Crippen molar-refractivity contribution in [3.05, 3.63) is 102 Å². The number of para-hydroxylation sites is 1. The van der Waals surface area contributed by atoms with E-state index in [1.807, 2.05) is 85.7 Å². The van der Waals surface area contributed by atoms with E-state index < -0.39 is 17.2 Å².